The van der Waals surface area contributed by atoms with E-state index in [1.165, 1.54) is 6.33 Å². The van der Waals surface area contributed by atoms with Gasteiger partial charge in [-0.2, -0.15) is 5.10 Å². The number of nitrogens with zero attached hydrogens (tertiary/aromatic N) is 4. The van der Waals surface area contributed by atoms with E-state index in [4.69, 9.17) is 0 Å². The standard InChI is InChI=1S/C10H13N5/c1-2-8-3-4-9(6-12-8)15-10(5-11)13-7-14-15/h3-4,6-7H,2,5,11H2,1H3/p+1. The Morgan fingerprint density at radius 1 is 1.33 bits per heavy atom. The predicted molar refractivity (Wildman–Crippen MR) is 55.1 cm³/mol. The molecule has 0 aromatic carbocycles. The Morgan fingerprint density at radius 2 is 2.20 bits per heavy atom. The molecule has 2 rings (SSSR count). The molecule has 0 saturated carbocycles. The number of hydrogen-bond acceptors (Lipinski definition) is 3. The summed E-state index contributed by atoms with van der Waals surface area (Å²) in [7, 11) is 0. The van der Waals surface area contributed by atoms with Gasteiger partial charge in [-0.15, -0.1) is 0 Å². The van der Waals surface area contributed by atoms with Gasteiger partial charge in [0.2, 0.25) is 0 Å². The minimum atomic E-state index is 0.621. The van der Waals surface area contributed by atoms with Gasteiger partial charge in [-0.25, -0.2) is 9.67 Å². The van der Waals surface area contributed by atoms with Gasteiger partial charge in [0.25, 0.3) is 0 Å². The molecule has 0 fully saturated rings. The number of pyridine rings is 1. The van der Waals surface area contributed by atoms with Crippen LogP contribution in [0.4, 0.5) is 0 Å². The van der Waals surface area contributed by atoms with Crippen molar-refractivity contribution in [3.63, 3.8) is 0 Å². The normalized spacial score (nSPS) is 10.5. The molecular weight excluding hydrogens is 190 g/mol. The molecule has 0 radical (unpaired) electrons. The van der Waals surface area contributed by atoms with Gasteiger partial charge in [0, 0.05) is 5.69 Å². The van der Waals surface area contributed by atoms with Gasteiger partial charge >= 0.3 is 0 Å². The predicted octanol–water partition coefficient (Wildman–Crippen LogP) is -0.0334. The van der Waals surface area contributed by atoms with Crippen molar-refractivity contribution < 1.29 is 5.73 Å². The molecule has 0 aliphatic rings. The molecule has 0 unspecified atom stereocenters. The first kappa shape index (κ1) is 9.79. The summed E-state index contributed by atoms with van der Waals surface area (Å²) in [6.07, 6.45) is 4.29. The molecule has 5 nitrogen and oxygen atoms in total. The van der Waals surface area contributed by atoms with Crippen LogP contribution in [0.25, 0.3) is 5.69 Å². The van der Waals surface area contributed by atoms with Crippen LogP contribution < -0.4 is 5.73 Å². The lowest BCUT2D eigenvalue weighted by atomic mass is 10.3. The number of aryl methyl sites for hydroxylation is 1. The number of rotatable bonds is 3. The zero-order chi connectivity index (χ0) is 10.7. The Labute approximate surface area is 88.0 Å². The molecular formula is C10H14N5+. The van der Waals surface area contributed by atoms with Gasteiger partial charge in [0.05, 0.1) is 11.9 Å². The van der Waals surface area contributed by atoms with E-state index in [1.54, 1.807) is 4.68 Å². The summed E-state index contributed by atoms with van der Waals surface area (Å²) in [6, 6.07) is 4.00. The third-order valence-corrected chi connectivity index (χ3v) is 2.26. The van der Waals surface area contributed by atoms with Crippen molar-refractivity contribution in [2.45, 2.75) is 19.9 Å². The quantitative estimate of drug-likeness (QED) is 0.763. The minimum Gasteiger partial charge on any atom is -0.351 e. The Morgan fingerprint density at radius 3 is 2.80 bits per heavy atom. The fourth-order valence-corrected chi connectivity index (χ4v) is 1.40. The molecule has 0 amide bonds. The van der Waals surface area contributed by atoms with E-state index < -0.39 is 0 Å². The Balaban J connectivity index is 2.37. The van der Waals surface area contributed by atoms with Crippen molar-refractivity contribution in [1.29, 1.82) is 0 Å². The third-order valence-electron chi connectivity index (χ3n) is 2.26. The van der Waals surface area contributed by atoms with Gasteiger partial charge in [-0.1, -0.05) is 6.92 Å². The monoisotopic (exact) mass is 204 g/mol. The first-order valence-corrected chi connectivity index (χ1v) is 4.98. The lowest BCUT2D eigenvalue weighted by Gasteiger charge is -2.03. The van der Waals surface area contributed by atoms with E-state index in [-0.39, 0.29) is 0 Å². The van der Waals surface area contributed by atoms with E-state index in [9.17, 15) is 0 Å². The lowest BCUT2D eigenvalue weighted by molar-refractivity contribution is -0.388. The molecule has 3 N–H and O–H groups in total. The van der Waals surface area contributed by atoms with Crippen molar-refractivity contribution in [2.24, 2.45) is 0 Å². The van der Waals surface area contributed by atoms with Crippen LogP contribution in [0.2, 0.25) is 0 Å². The highest BCUT2D eigenvalue weighted by Gasteiger charge is 2.05. The second kappa shape index (κ2) is 4.18. The van der Waals surface area contributed by atoms with Crippen molar-refractivity contribution in [3.05, 3.63) is 36.2 Å². The molecule has 2 aromatic rings. The Hall–Kier alpha value is -1.75. The summed E-state index contributed by atoms with van der Waals surface area (Å²) in [4.78, 5) is 8.43. The average molecular weight is 204 g/mol. The number of quaternary nitrogens is 1. The topological polar surface area (TPSA) is 71.2 Å². The highest BCUT2D eigenvalue weighted by molar-refractivity contribution is 5.29. The molecule has 5 heteroatoms. The number of hydrogen-bond donors (Lipinski definition) is 1. The van der Waals surface area contributed by atoms with Crippen LogP contribution >= 0.6 is 0 Å². The number of aromatic nitrogens is 4. The van der Waals surface area contributed by atoms with Crippen LogP contribution in [0, 0.1) is 0 Å². The van der Waals surface area contributed by atoms with Gasteiger partial charge in [0.1, 0.15) is 12.9 Å². The molecule has 0 bridgehead atoms. The van der Waals surface area contributed by atoms with Crippen LogP contribution in [-0.4, -0.2) is 19.7 Å². The van der Waals surface area contributed by atoms with E-state index in [2.05, 4.69) is 27.7 Å². The van der Waals surface area contributed by atoms with Crippen molar-refractivity contribution in [2.75, 3.05) is 0 Å². The molecule has 15 heavy (non-hydrogen) atoms. The van der Waals surface area contributed by atoms with Crippen LogP contribution in [0.3, 0.4) is 0 Å². The van der Waals surface area contributed by atoms with E-state index in [0.29, 0.717) is 6.54 Å². The fourth-order valence-electron chi connectivity index (χ4n) is 1.40. The van der Waals surface area contributed by atoms with Crippen molar-refractivity contribution >= 4 is 0 Å². The first-order chi connectivity index (χ1) is 7.35. The second-order valence-electron chi connectivity index (χ2n) is 3.20. The maximum atomic E-state index is 4.32. The molecule has 0 aliphatic carbocycles. The van der Waals surface area contributed by atoms with E-state index in [0.717, 1.165) is 23.6 Å². The van der Waals surface area contributed by atoms with Crippen LogP contribution in [0.15, 0.2) is 24.7 Å². The van der Waals surface area contributed by atoms with Gasteiger partial charge in [0.15, 0.2) is 5.82 Å². The second-order valence-corrected chi connectivity index (χ2v) is 3.20. The van der Waals surface area contributed by atoms with Gasteiger partial charge < -0.3 is 5.73 Å². The van der Waals surface area contributed by atoms with E-state index in [1.807, 2.05) is 18.3 Å². The molecule has 0 saturated heterocycles. The lowest BCUT2D eigenvalue weighted by Crippen LogP contribution is -2.48. The fraction of sp³-hybridized carbons (Fsp3) is 0.300. The molecule has 2 heterocycles. The summed E-state index contributed by atoms with van der Waals surface area (Å²) in [5.41, 5.74) is 5.82. The summed E-state index contributed by atoms with van der Waals surface area (Å²) < 4.78 is 1.76. The first-order valence-electron chi connectivity index (χ1n) is 4.98. The van der Waals surface area contributed by atoms with Crippen molar-refractivity contribution in [3.8, 4) is 5.69 Å². The van der Waals surface area contributed by atoms with Crippen LogP contribution in [0.5, 0.6) is 0 Å². The summed E-state index contributed by atoms with van der Waals surface area (Å²) in [5, 5.41) is 4.14. The Bertz CT molecular complexity index is 431. The molecule has 2 aromatic heterocycles. The van der Waals surface area contributed by atoms with Crippen molar-refractivity contribution in [1.82, 2.24) is 19.7 Å². The molecule has 0 aliphatic heterocycles. The average Bonchev–Trinajstić information content (AvgIpc) is 2.77. The maximum absolute atomic E-state index is 4.32. The third kappa shape index (κ3) is 1.87. The zero-order valence-corrected chi connectivity index (χ0v) is 8.72. The Kier molecular flexibility index (Phi) is 2.73. The summed E-state index contributed by atoms with van der Waals surface area (Å²) in [5.74, 6) is 0.848. The maximum Gasteiger partial charge on any atom is 0.186 e. The highest BCUT2D eigenvalue weighted by Crippen LogP contribution is 2.07. The molecule has 0 spiro atoms. The highest BCUT2D eigenvalue weighted by atomic mass is 15.3. The van der Waals surface area contributed by atoms with Crippen LogP contribution in [0.1, 0.15) is 18.4 Å². The van der Waals surface area contributed by atoms with Crippen LogP contribution in [-0.2, 0) is 13.0 Å². The summed E-state index contributed by atoms with van der Waals surface area (Å²) in [6.45, 7) is 2.70. The zero-order valence-electron chi connectivity index (χ0n) is 8.72. The molecule has 78 valence electrons. The SMILES string of the molecule is CCc1ccc(-n2ncnc2C[NH3+])cn1. The minimum absolute atomic E-state index is 0.621. The summed E-state index contributed by atoms with van der Waals surface area (Å²) >= 11 is 0. The largest absolute Gasteiger partial charge is 0.351 e. The van der Waals surface area contributed by atoms with Gasteiger partial charge in [-0.05, 0) is 18.6 Å². The molecule has 0 atom stereocenters. The van der Waals surface area contributed by atoms with Gasteiger partial charge in [-0.3, -0.25) is 4.98 Å². The smallest absolute Gasteiger partial charge is 0.186 e. The van der Waals surface area contributed by atoms with E-state index >= 15 is 0 Å².